The first-order valence-corrected chi connectivity index (χ1v) is 9.08. The molecule has 1 aliphatic heterocycles. The Kier molecular flexibility index (Phi) is 8.31. The summed E-state index contributed by atoms with van der Waals surface area (Å²) >= 11 is 0. The average molecular weight is 296 g/mol. The second kappa shape index (κ2) is 9.45. The van der Waals surface area contributed by atoms with Gasteiger partial charge in [-0.3, -0.25) is 4.79 Å². The molecule has 0 aromatic rings. The number of likely N-dealkylation sites (tertiary alicyclic amines) is 1. The average Bonchev–Trinajstić information content (AvgIpc) is 2.53. The largest absolute Gasteiger partial charge is 0.343 e. The Morgan fingerprint density at radius 2 is 1.71 bits per heavy atom. The van der Waals surface area contributed by atoms with Gasteiger partial charge in [0.15, 0.2) is 0 Å². The van der Waals surface area contributed by atoms with Crippen molar-refractivity contribution in [2.24, 2.45) is 17.1 Å². The van der Waals surface area contributed by atoms with Crippen LogP contribution >= 0.6 is 0 Å². The van der Waals surface area contributed by atoms with Crippen LogP contribution in [-0.2, 0) is 4.79 Å². The van der Waals surface area contributed by atoms with Crippen LogP contribution in [0.25, 0.3) is 0 Å². The molecule has 0 saturated carbocycles. The normalized spacial score (nSPS) is 19.5. The predicted molar refractivity (Wildman–Crippen MR) is 90.1 cm³/mol. The van der Waals surface area contributed by atoms with Crippen LogP contribution in [0, 0.1) is 11.3 Å². The minimum absolute atomic E-state index is 0.369. The van der Waals surface area contributed by atoms with Crippen LogP contribution in [0.1, 0.15) is 78.6 Å². The highest BCUT2D eigenvalue weighted by Gasteiger charge is 2.32. The summed E-state index contributed by atoms with van der Waals surface area (Å²) in [5.41, 5.74) is 6.18. The lowest BCUT2D eigenvalue weighted by atomic mass is 9.74. The van der Waals surface area contributed by atoms with Gasteiger partial charge >= 0.3 is 0 Å². The maximum atomic E-state index is 12.4. The quantitative estimate of drug-likeness (QED) is 0.700. The number of nitrogens with zero attached hydrogens (tertiary/aromatic N) is 1. The van der Waals surface area contributed by atoms with Crippen LogP contribution in [-0.4, -0.2) is 30.4 Å². The Morgan fingerprint density at radius 3 is 2.19 bits per heavy atom. The highest BCUT2D eigenvalue weighted by atomic mass is 16.2. The van der Waals surface area contributed by atoms with Gasteiger partial charge in [0.2, 0.25) is 5.91 Å². The molecule has 3 heteroatoms. The van der Waals surface area contributed by atoms with Gasteiger partial charge in [-0.2, -0.15) is 0 Å². The molecule has 0 bridgehead atoms. The molecule has 1 aliphatic rings. The van der Waals surface area contributed by atoms with Crippen molar-refractivity contribution in [3.63, 3.8) is 0 Å². The van der Waals surface area contributed by atoms with Crippen molar-refractivity contribution >= 4 is 5.91 Å². The minimum atomic E-state index is 0.369. The molecule has 124 valence electrons. The lowest BCUT2D eigenvalue weighted by Gasteiger charge is -2.41. The van der Waals surface area contributed by atoms with Gasteiger partial charge in [0.05, 0.1) is 0 Å². The van der Waals surface area contributed by atoms with Gasteiger partial charge in [0.25, 0.3) is 0 Å². The number of carbonyl (C=O) groups excluding carboxylic acids is 1. The molecule has 1 fully saturated rings. The number of amides is 1. The summed E-state index contributed by atoms with van der Waals surface area (Å²) in [5.74, 6) is 1.01. The summed E-state index contributed by atoms with van der Waals surface area (Å²) in [6, 6.07) is 0. The first-order chi connectivity index (χ1) is 10.1. The number of hydrogen-bond donors (Lipinski definition) is 1. The van der Waals surface area contributed by atoms with Crippen molar-refractivity contribution in [1.29, 1.82) is 0 Å². The molecule has 1 unspecified atom stereocenters. The molecule has 3 nitrogen and oxygen atoms in total. The van der Waals surface area contributed by atoms with Crippen molar-refractivity contribution < 1.29 is 4.79 Å². The standard InChI is InChI=1S/C18H36N2O/c1-4-7-16(10-13-19)8-9-17(21)20-14-11-18(5-2,6-3)12-15-20/h16H,4-15,19H2,1-3H3. The summed E-state index contributed by atoms with van der Waals surface area (Å²) in [7, 11) is 0. The molecule has 1 heterocycles. The Hall–Kier alpha value is -0.570. The number of nitrogens with two attached hydrogens (primary N) is 1. The maximum Gasteiger partial charge on any atom is 0.222 e. The molecule has 2 N–H and O–H groups in total. The molecule has 1 saturated heterocycles. The van der Waals surface area contributed by atoms with Gasteiger partial charge in [-0.15, -0.1) is 0 Å². The number of carbonyl (C=O) groups is 1. The Bertz CT molecular complexity index is 284. The Morgan fingerprint density at radius 1 is 1.10 bits per heavy atom. The summed E-state index contributed by atoms with van der Waals surface area (Å²) in [4.78, 5) is 14.5. The monoisotopic (exact) mass is 296 g/mol. The first-order valence-electron chi connectivity index (χ1n) is 9.08. The van der Waals surface area contributed by atoms with Gasteiger partial charge in [0.1, 0.15) is 0 Å². The van der Waals surface area contributed by atoms with E-state index in [-0.39, 0.29) is 0 Å². The smallest absolute Gasteiger partial charge is 0.222 e. The zero-order valence-corrected chi connectivity index (χ0v) is 14.5. The molecule has 0 aromatic heterocycles. The number of hydrogen-bond acceptors (Lipinski definition) is 2. The maximum absolute atomic E-state index is 12.4. The van der Waals surface area contributed by atoms with Crippen LogP contribution in [0.2, 0.25) is 0 Å². The predicted octanol–water partition coefficient (Wildman–Crippen LogP) is 3.96. The van der Waals surface area contributed by atoms with Crippen LogP contribution < -0.4 is 5.73 Å². The summed E-state index contributed by atoms with van der Waals surface area (Å²) in [5, 5.41) is 0. The van der Waals surface area contributed by atoms with Crippen molar-refractivity contribution in [2.75, 3.05) is 19.6 Å². The lowest BCUT2D eigenvalue weighted by molar-refractivity contribution is -0.134. The molecule has 1 rings (SSSR count). The van der Waals surface area contributed by atoms with Crippen LogP contribution in [0.5, 0.6) is 0 Å². The highest BCUT2D eigenvalue weighted by Crippen LogP contribution is 2.38. The molecule has 1 atom stereocenters. The third kappa shape index (κ3) is 5.61. The first kappa shape index (κ1) is 18.5. The van der Waals surface area contributed by atoms with E-state index in [1.807, 2.05) is 0 Å². The molecular weight excluding hydrogens is 260 g/mol. The van der Waals surface area contributed by atoms with Crippen LogP contribution in [0.15, 0.2) is 0 Å². The minimum Gasteiger partial charge on any atom is -0.343 e. The van der Waals surface area contributed by atoms with E-state index in [4.69, 9.17) is 5.73 Å². The zero-order chi connectivity index (χ0) is 15.7. The van der Waals surface area contributed by atoms with Gasteiger partial charge in [0, 0.05) is 19.5 Å². The topological polar surface area (TPSA) is 46.3 Å². The van der Waals surface area contributed by atoms with E-state index in [2.05, 4.69) is 25.7 Å². The lowest BCUT2D eigenvalue weighted by Crippen LogP contribution is -2.42. The van der Waals surface area contributed by atoms with E-state index < -0.39 is 0 Å². The van der Waals surface area contributed by atoms with Gasteiger partial charge in [-0.25, -0.2) is 0 Å². The van der Waals surface area contributed by atoms with Crippen molar-refractivity contribution in [3.8, 4) is 0 Å². The zero-order valence-electron chi connectivity index (χ0n) is 14.5. The highest BCUT2D eigenvalue weighted by molar-refractivity contribution is 5.76. The van der Waals surface area contributed by atoms with Gasteiger partial charge in [-0.1, -0.05) is 46.5 Å². The third-order valence-electron chi connectivity index (χ3n) is 5.72. The van der Waals surface area contributed by atoms with Gasteiger partial charge < -0.3 is 10.6 Å². The van der Waals surface area contributed by atoms with E-state index in [9.17, 15) is 4.79 Å². The second-order valence-corrected chi connectivity index (χ2v) is 6.86. The van der Waals surface area contributed by atoms with E-state index in [1.165, 1.54) is 38.5 Å². The molecule has 1 amide bonds. The van der Waals surface area contributed by atoms with E-state index in [0.29, 0.717) is 17.2 Å². The van der Waals surface area contributed by atoms with Crippen molar-refractivity contribution in [2.45, 2.75) is 78.6 Å². The summed E-state index contributed by atoms with van der Waals surface area (Å²) < 4.78 is 0. The fourth-order valence-corrected chi connectivity index (χ4v) is 3.75. The Labute approximate surface area is 131 Å². The van der Waals surface area contributed by atoms with Crippen LogP contribution in [0.3, 0.4) is 0 Å². The summed E-state index contributed by atoms with van der Waals surface area (Å²) in [6.45, 7) is 9.49. The molecule has 0 radical (unpaired) electrons. The van der Waals surface area contributed by atoms with Crippen molar-refractivity contribution in [3.05, 3.63) is 0 Å². The molecule has 21 heavy (non-hydrogen) atoms. The van der Waals surface area contributed by atoms with E-state index in [0.717, 1.165) is 38.9 Å². The fourth-order valence-electron chi connectivity index (χ4n) is 3.75. The van der Waals surface area contributed by atoms with Crippen molar-refractivity contribution in [1.82, 2.24) is 4.90 Å². The fraction of sp³-hybridized carbons (Fsp3) is 0.944. The van der Waals surface area contributed by atoms with Crippen LogP contribution in [0.4, 0.5) is 0 Å². The summed E-state index contributed by atoms with van der Waals surface area (Å²) in [6.07, 6.45) is 10.1. The van der Waals surface area contributed by atoms with Gasteiger partial charge in [-0.05, 0) is 43.6 Å². The van der Waals surface area contributed by atoms with E-state index >= 15 is 0 Å². The molecule has 0 spiro atoms. The van der Waals surface area contributed by atoms with E-state index in [1.54, 1.807) is 0 Å². The second-order valence-electron chi connectivity index (χ2n) is 6.86. The number of rotatable bonds is 9. The SMILES string of the molecule is CCCC(CCN)CCC(=O)N1CCC(CC)(CC)CC1. The molecule has 0 aliphatic carbocycles. The number of piperidine rings is 1. The molecule has 0 aromatic carbocycles. The molecular formula is C18H36N2O. The third-order valence-corrected chi connectivity index (χ3v) is 5.72. The Balaban J connectivity index is 2.36.